The van der Waals surface area contributed by atoms with Crippen LogP contribution in [0.15, 0.2) is 24.3 Å². The molecule has 1 aliphatic heterocycles. The Bertz CT molecular complexity index is 499. The van der Waals surface area contributed by atoms with Crippen LogP contribution in [0.5, 0.6) is 5.75 Å². The van der Waals surface area contributed by atoms with Crippen LogP contribution in [0, 0.1) is 6.92 Å². The second-order valence-corrected chi connectivity index (χ2v) is 6.34. The first kappa shape index (κ1) is 17.8. The molecule has 1 aliphatic rings. The molecule has 1 aromatic carbocycles. The lowest BCUT2D eigenvalue weighted by Crippen LogP contribution is -2.48. The molecule has 1 heterocycles. The Morgan fingerprint density at radius 1 is 1.26 bits per heavy atom. The zero-order valence-corrected chi connectivity index (χ0v) is 14.5. The van der Waals surface area contributed by atoms with Crippen LogP contribution >= 0.6 is 0 Å². The van der Waals surface area contributed by atoms with E-state index in [4.69, 9.17) is 9.47 Å². The van der Waals surface area contributed by atoms with Gasteiger partial charge in [-0.15, -0.1) is 0 Å². The van der Waals surface area contributed by atoms with E-state index in [1.54, 1.807) is 0 Å². The molecule has 5 nitrogen and oxygen atoms in total. The van der Waals surface area contributed by atoms with Crippen molar-refractivity contribution in [3.63, 3.8) is 0 Å². The summed E-state index contributed by atoms with van der Waals surface area (Å²) in [4.78, 5) is 16.7. The number of hydrogen-bond acceptors (Lipinski definition) is 4. The van der Waals surface area contributed by atoms with Crippen LogP contribution in [0.4, 0.5) is 0 Å². The number of carbonyl (C=O) groups is 1. The van der Waals surface area contributed by atoms with E-state index in [-0.39, 0.29) is 18.6 Å². The largest absolute Gasteiger partial charge is 0.484 e. The molecule has 0 bridgehead atoms. The maximum Gasteiger partial charge on any atom is 0.260 e. The van der Waals surface area contributed by atoms with Crippen LogP contribution < -0.4 is 4.74 Å². The van der Waals surface area contributed by atoms with E-state index in [9.17, 15) is 4.79 Å². The smallest absolute Gasteiger partial charge is 0.260 e. The number of amides is 1. The molecule has 128 valence electrons. The summed E-state index contributed by atoms with van der Waals surface area (Å²) in [5.41, 5.74) is 1.13. The first-order valence-electron chi connectivity index (χ1n) is 8.27. The third-order valence-corrected chi connectivity index (χ3v) is 4.09. The molecule has 0 atom stereocenters. The molecule has 2 rings (SSSR count). The van der Waals surface area contributed by atoms with E-state index in [0.717, 1.165) is 50.5 Å². The molecule has 1 amide bonds. The highest BCUT2D eigenvalue weighted by atomic mass is 16.5. The SMILES string of the molecule is Cc1cccc(OCC(=O)N(CCN(C)C)C2CCOCC2)c1. The molecule has 0 unspecified atom stereocenters. The van der Waals surface area contributed by atoms with Crippen molar-refractivity contribution >= 4 is 5.91 Å². The molecule has 1 fully saturated rings. The summed E-state index contributed by atoms with van der Waals surface area (Å²) in [5.74, 6) is 0.804. The first-order valence-corrected chi connectivity index (χ1v) is 8.27. The molecular formula is C18H28N2O3. The van der Waals surface area contributed by atoms with E-state index >= 15 is 0 Å². The van der Waals surface area contributed by atoms with Crippen LogP contribution in [-0.2, 0) is 9.53 Å². The van der Waals surface area contributed by atoms with Gasteiger partial charge >= 0.3 is 0 Å². The second kappa shape index (κ2) is 8.89. The summed E-state index contributed by atoms with van der Waals surface area (Å²) in [7, 11) is 4.05. The van der Waals surface area contributed by atoms with E-state index in [0.29, 0.717) is 0 Å². The van der Waals surface area contributed by atoms with Crippen molar-refractivity contribution in [2.45, 2.75) is 25.8 Å². The zero-order chi connectivity index (χ0) is 16.7. The molecule has 0 aliphatic carbocycles. The number of rotatable bonds is 7. The van der Waals surface area contributed by atoms with Crippen LogP contribution in [0.25, 0.3) is 0 Å². The van der Waals surface area contributed by atoms with E-state index in [1.165, 1.54) is 0 Å². The quantitative estimate of drug-likeness (QED) is 0.770. The predicted molar refractivity (Wildman–Crippen MR) is 90.8 cm³/mol. The normalized spacial score (nSPS) is 15.7. The molecule has 0 aromatic heterocycles. The highest BCUT2D eigenvalue weighted by molar-refractivity contribution is 5.78. The molecule has 1 aromatic rings. The van der Waals surface area contributed by atoms with Gasteiger partial charge in [0.2, 0.25) is 0 Å². The van der Waals surface area contributed by atoms with Crippen molar-refractivity contribution in [3.8, 4) is 5.75 Å². The Labute approximate surface area is 139 Å². The fourth-order valence-corrected chi connectivity index (χ4v) is 2.75. The van der Waals surface area contributed by atoms with Crippen LogP contribution in [0.3, 0.4) is 0 Å². The fraction of sp³-hybridized carbons (Fsp3) is 0.611. The van der Waals surface area contributed by atoms with Crippen LogP contribution in [0.2, 0.25) is 0 Å². The molecule has 1 saturated heterocycles. The summed E-state index contributed by atoms with van der Waals surface area (Å²) in [6.07, 6.45) is 1.81. The number of nitrogens with zero attached hydrogens (tertiary/aromatic N) is 2. The highest BCUT2D eigenvalue weighted by Crippen LogP contribution is 2.16. The van der Waals surface area contributed by atoms with Crippen LogP contribution in [0.1, 0.15) is 18.4 Å². The standard InChI is InChI=1S/C18H28N2O3/c1-15-5-4-6-17(13-15)23-14-18(21)20(10-9-19(2)3)16-7-11-22-12-8-16/h4-6,13,16H,7-12,14H2,1-3H3. The van der Waals surface area contributed by atoms with Gasteiger partial charge in [0.05, 0.1) is 0 Å². The van der Waals surface area contributed by atoms with Crippen molar-refractivity contribution in [3.05, 3.63) is 29.8 Å². The maximum absolute atomic E-state index is 12.7. The van der Waals surface area contributed by atoms with Gasteiger partial charge in [-0.2, -0.15) is 0 Å². The van der Waals surface area contributed by atoms with Crippen molar-refractivity contribution in [2.75, 3.05) is 47.0 Å². The number of hydrogen-bond donors (Lipinski definition) is 0. The van der Waals surface area contributed by atoms with Crippen LogP contribution in [-0.4, -0.2) is 68.8 Å². The topological polar surface area (TPSA) is 42.0 Å². The van der Waals surface area contributed by atoms with Gasteiger partial charge in [0.1, 0.15) is 5.75 Å². The lowest BCUT2D eigenvalue weighted by atomic mass is 10.1. The molecule has 23 heavy (non-hydrogen) atoms. The first-order chi connectivity index (χ1) is 11.1. The summed E-state index contributed by atoms with van der Waals surface area (Å²) >= 11 is 0. The number of likely N-dealkylation sites (N-methyl/N-ethyl adjacent to an activating group) is 1. The molecule has 0 radical (unpaired) electrons. The Morgan fingerprint density at radius 2 is 2.00 bits per heavy atom. The molecule has 0 N–H and O–H groups in total. The minimum absolute atomic E-state index is 0.0558. The second-order valence-electron chi connectivity index (χ2n) is 6.34. The lowest BCUT2D eigenvalue weighted by molar-refractivity contribution is -0.137. The van der Waals surface area contributed by atoms with Gasteiger partial charge in [-0.3, -0.25) is 4.79 Å². The molecular weight excluding hydrogens is 292 g/mol. The third-order valence-electron chi connectivity index (χ3n) is 4.09. The fourth-order valence-electron chi connectivity index (χ4n) is 2.75. The molecule has 0 spiro atoms. The molecule has 0 saturated carbocycles. The van der Waals surface area contributed by atoms with Gasteiger partial charge < -0.3 is 19.3 Å². The summed E-state index contributed by atoms with van der Waals surface area (Å²) in [6, 6.07) is 8.06. The van der Waals surface area contributed by atoms with Gasteiger partial charge in [0, 0.05) is 32.3 Å². The van der Waals surface area contributed by atoms with Gasteiger partial charge in [0.25, 0.3) is 5.91 Å². The number of carbonyl (C=O) groups excluding carboxylic acids is 1. The summed E-state index contributed by atoms with van der Waals surface area (Å²) < 4.78 is 11.1. The van der Waals surface area contributed by atoms with E-state index < -0.39 is 0 Å². The Hall–Kier alpha value is -1.59. The van der Waals surface area contributed by atoms with Crippen molar-refractivity contribution in [2.24, 2.45) is 0 Å². The van der Waals surface area contributed by atoms with Crippen molar-refractivity contribution in [1.82, 2.24) is 9.80 Å². The average molecular weight is 320 g/mol. The Kier molecular flexibility index (Phi) is 6.86. The van der Waals surface area contributed by atoms with Gasteiger partial charge in [-0.1, -0.05) is 12.1 Å². The molecule has 5 heteroatoms. The van der Waals surface area contributed by atoms with Gasteiger partial charge in [0.15, 0.2) is 6.61 Å². The Morgan fingerprint density at radius 3 is 2.65 bits per heavy atom. The van der Waals surface area contributed by atoms with E-state index in [1.807, 2.05) is 50.2 Å². The summed E-state index contributed by atoms with van der Waals surface area (Å²) in [5, 5.41) is 0. The zero-order valence-electron chi connectivity index (χ0n) is 14.5. The maximum atomic E-state index is 12.7. The minimum atomic E-state index is 0.0558. The lowest BCUT2D eigenvalue weighted by Gasteiger charge is -2.35. The van der Waals surface area contributed by atoms with Gasteiger partial charge in [-0.05, 0) is 51.6 Å². The Balaban J connectivity index is 1.94. The van der Waals surface area contributed by atoms with Gasteiger partial charge in [-0.25, -0.2) is 0 Å². The number of ether oxygens (including phenoxy) is 2. The number of aryl methyl sites for hydroxylation is 1. The van der Waals surface area contributed by atoms with Crippen molar-refractivity contribution < 1.29 is 14.3 Å². The minimum Gasteiger partial charge on any atom is -0.484 e. The average Bonchev–Trinajstić information content (AvgIpc) is 2.54. The van der Waals surface area contributed by atoms with Crippen molar-refractivity contribution in [1.29, 1.82) is 0 Å². The van der Waals surface area contributed by atoms with E-state index in [2.05, 4.69) is 4.90 Å². The highest BCUT2D eigenvalue weighted by Gasteiger charge is 2.25. The monoisotopic (exact) mass is 320 g/mol. The predicted octanol–water partition coefficient (Wildman–Crippen LogP) is 1.94. The third kappa shape index (κ3) is 5.84. The number of benzene rings is 1. The summed E-state index contributed by atoms with van der Waals surface area (Å²) in [6.45, 7) is 5.15.